The molecule has 1 aromatic carbocycles. The molecule has 1 fully saturated rings. The van der Waals surface area contributed by atoms with Crippen LogP contribution in [0.3, 0.4) is 0 Å². The molecule has 2 aromatic rings. The number of hydrogen-bond donors (Lipinski definition) is 1. The van der Waals surface area contributed by atoms with Crippen molar-refractivity contribution in [3.63, 3.8) is 0 Å². The van der Waals surface area contributed by atoms with Crippen LogP contribution in [0.2, 0.25) is 0 Å². The smallest absolute Gasteiger partial charge is 0.1000 e. The van der Waals surface area contributed by atoms with E-state index >= 15 is 0 Å². The van der Waals surface area contributed by atoms with Crippen LogP contribution in [-0.4, -0.2) is 57.4 Å². The molecule has 0 spiro atoms. The Labute approximate surface area is 143 Å². The van der Waals surface area contributed by atoms with Gasteiger partial charge in [0.15, 0.2) is 0 Å². The summed E-state index contributed by atoms with van der Waals surface area (Å²) in [5.74, 6) is 0. The van der Waals surface area contributed by atoms with E-state index in [0.717, 1.165) is 43.7 Å². The van der Waals surface area contributed by atoms with Gasteiger partial charge in [-0.05, 0) is 38.3 Å². The van der Waals surface area contributed by atoms with Gasteiger partial charge in [-0.3, -0.25) is 4.90 Å². The van der Waals surface area contributed by atoms with Crippen LogP contribution in [0.1, 0.15) is 37.9 Å². The largest absolute Gasteiger partial charge is 0.396 e. The Balaban J connectivity index is 1.54. The van der Waals surface area contributed by atoms with Crippen molar-refractivity contribution in [1.82, 2.24) is 19.9 Å². The lowest BCUT2D eigenvalue weighted by Gasteiger charge is -2.35. The van der Waals surface area contributed by atoms with Gasteiger partial charge in [-0.25, -0.2) is 4.68 Å². The van der Waals surface area contributed by atoms with Gasteiger partial charge >= 0.3 is 0 Å². The van der Waals surface area contributed by atoms with E-state index in [4.69, 9.17) is 9.84 Å². The van der Waals surface area contributed by atoms with Crippen molar-refractivity contribution in [2.24, 2.45) is 0 Å². The quantitative estimate of drug-likeness (QED) is 0.789. The lowest BCUT2D eigenvalue weighted by Crippen LogP contribution is -2.38. The summed E-state index contributed by atoms with van der Waals surface area (Å²) in [4.78, 5) is 2.44. The Hall–Kier alpha value is -1.76. The topological polar surface area (TPSA) is 63.4 Å². The number of piperidine rings is 1. The molecule has 130 valence electrons. The molecule has 1 atom stereocenters. The van der Waals surface area contributed by atoms with Crippen LogP contribution in [0, 0.1) is 0 Å². The summed E-state index contributed by atoms with van der Waals surface area (Å²) in [6.07, 6.45) is 5.12. The fourth-order valence-corrected chi connectivity index (χ4v) is 3.11. The molecule has 0 radical (unpaired) electrons. The van der Waals surface area contributed by atoms with E-state index in [0.29, 0.717) is 12.7 Å². The number of aliphatic hydroxyl groups excluding tert-OH is 1. The van der Waals surface area contributed by atoms with E-state index in [2.05, 4.69) is 22.1 Å². The molecule has 1 saturated heterocycles. The third-order valence-corrected chi connectivity index (χ3v) is 4.64. The molecule has 24 heavy (non-hydrogen) atoms. The van der Waals surface area contributed by atoms with Crippen LogP contribution in [0.15, 0.2) is 36.5 Å². The molecule has 6 nitrogen and oxygen atoms in total. The van der Waals surface area contributed by atoms with Crippen LogP contribution in [0.5, 0.6) is 0 Å². The van der Waals surface area contributed by atoms with E-state index < -0.39 is 0 Å². The Bertz CT molecular complexity index is 608. The second-order valence-electron chi connectivity index (χ2n) is 6.28. The number of aliphatic hydroxyl groups is 1. The second-order valence-corrected chi connectivity index (χ2v) is 6.28. The summed E-state index contributed by atoms with van der Waals surface area (Å²) in [5.41, 5.74) is 2.03. The number of aromatic nitrogens is 3. The molecule has 2 heterocycles. The molecule has 0 aliphatic carbocycles. The standard InChI is InChI=1S/C18H26N4O2/c1-15(21-10-8-17(9-11-21)24-13-5-12-23)18-14-22(20-19-18)16-6-3-2-4-7-16/h2-4,6-7,14-15,17,23H,5,8-13H2,1H3/t15-/m1/s1. The van der Waals surface area contributed by atoms with Gasteiger partial charge in [0.1, 0.15) is 0 Å². The molecular formula is C18H26N4O2. The summed E-state index contributed by atoms with van der Waals surface area (Å²) < 4.78 is 7.63. The first-order valence-electron chi connectivity index (χ1n) is 8.72. The maximum Gasteiger partial charge on any atom is 0.1000 e. The number of hydrogen-bond acceptors (Lipinski definition) is 5. The number of nitrogens with zero attached hydrogens (tertiary/aromatic N) is 4. The highest BCUT2D eigenvalue weighted by Gasteiger charge is 2.25. The van der Waals surface area contributed by atoms with Crippen LogP contribution < -0.4 is 0 Å². The van der Waals surface area contributed by atoms with Gasteiger partial charge in [-0.1, -0.05) is 23.4 Å². The summed E-state index contributed by atoms with van der Waals surface area (Å²) in [6, 6.07) is 10.3. The zero-order valence-electron chi connectivity index (χ0n) is 14.2. The van der Waals surface area contributed by atoms with Crippen LogP contribution >= 0.6 is 0 Å². The van der Waals surface area contributed by atoms with Gasteiger partial charge in [0.05, 0.1) is 29.7 Å². The first kappa shape index (κ1) is 17.1. The third kappa shape index (κ3) is 4.20. The number of rotatable bonds is 7. The van der Waals surface area contributed by atoms with Gasteiger partial charge in [-0.15, -0.1) is 5.10 Å². The highest BCUT2D eigenvalue weighted by atomic mass is 16.5. The lowest BCUT2D eigenvalue weighted by atomic mass is 10.0. The van der Waals surface area contributed by atoms with Crippen molar-refractivity contribution >= 4 is 0 Å². The minimum Gasteiger partial charge on any atom is -0.396 e. The minimum absolute atomic E-state index is 0.201. The number of benzene rings is 1. The molecule has 1 aromatic heterocycles. The molecular weight excluding hydrogens is 304 g/mol. The van der Waals surface area contributed by atoms with Gasteiger partial charge in [0, 0.05) is 26.3 Å². The van der Waals surface area contributed by atoms with Crippen molar-refractivity contribution in [2.75, 3.05) is 26.3 Å². The summed E-state index contributed by atoms with van der Waals surface area (Å²) in [6.45, 7) is 5.05. The molecule has 1 N–H and O–H groups in total. The van der Waals surface area contributed by atoms with E-state index in [1.165, 1.54) is 0 Å². The molecule has 0 unspecified atom stereocenters. The molecule has 0 bridgehead atoms. The lowest BCUT2D eigenvalue weighted by molar-refractivity contribution is -0.00545. The van der Waals surface area contributed by atoms with Gasteiger partial charge in [0.25, 0.3) is 0 Å². The maximum absolute atomic E-state index is 8.82. The van der Waals surface area contributed by atoms with Crippen LogP contribution in [0.25, 0.3) is 5.69 Å². The zero-order valence-corrected chi connectivity index (χ0v) is 14.2. The van der Waals surface area contributed by atoms with Crippen molar-refractivity contribution < 1.29 is 9.84 Å². The molecule has 1 aliphatic heterocycles. The Morgan fingerprint density at radius 2 is 2.00 bits per heavy atom. The Morgan fingerprint density at radius 1 is 1.25 bits per heavy atom. The van der Waals surface area contributed by atoms with E-state index in [-0.39, 0.29) is 12.6 Å². The van der Waals surface area contributed by atoms with E-state index in [1.54, 1.807) is 0 Å². The molecule has 6 heteroatoms. The minimum atomic E-state index is 0.201. The molecule has 0 amide bonds. The van der Waals surface area contributed by atoms with Crippen LogP contribution in [-0.2, 0) is 4.74 Å². The van der Waals surface area contributed by atoms with Crippen molar-refractivity contribution in [1.29, 1.82) is 0 Å². The SMILES string of the molecule is C[C@H](c1cn(-c2ccccc2)nn1)N1CCC(OCCCO)CC1. The Morgan fingerprint density at radius 3 is 2.71 bits per heavy atom. The molecule has 1 aliphatic rings. The zero-order chi connectivity index (χ0) is 16.8. The van der Waals surface area contributed by atoms with Crippen molar-refractivity contribution in [3.05, 3.63) is 42.2 Å². The molecule has 0 saturated carbocycles. The number of para-hydroxylation sites is 1. The maximum atomic E-state index is 8.82. The second kappa shape index (κ2) is 8.37. The van der Waals surface area contributed by atoms with Crippen molar-refractivity contribution in [2.45, 2.75) is 38.3 Å². The monoisotopic (exact) mass is 330 g/mol. The fourth-order valence-electron chi connectivity index (χ4n) is 3.11. The highest BCUT2D eigenvalue weighted by Crippen LogP contribution is 2.24. The van der Waals surface area contributed by atoms with E-state index in [9.17, 15) is 0 Å². The average molecular weight is 330 g/mol. The van der Waals surface area contributed by atoms with E-state index in [1.807, 2.05) is 41.2 Å². The predicted octanol–water partition coefficient (Wildman–Crippen LogP) is 2.19. The Kier molecular flexibility index (Phi) is 5.96. The first-order valence-corrected chi connectivity index (χ1v) is 8.72. The first-order chi connectivity index (χ1) is 11.8. The highest BCUT2D eigenvalue weighted by molar-refractivity contribution is 5.30. The number of ether oxygens (including phenoxy) is 1. The normalized spacial score (nSPS) is 17.9. The fraction of sp³-hybridized carbons (Fsp3) is 0.556. The summed E-state index contributed by atoms with van der Waals surface area (Å²) >= 11 is 0. The molecule has 3 rings (SSSR count). The average Bonchev–Trinajstić information content (AvgIpc) is 3.13. The van der Waals surface area contributed by atoms with Gasteiger partial charge in [-0.2, -0.15) is 0 Å². The predicted molar refractivity (Wildman–Crippen MR) is 92.0 cm³/mol. The van der Waals surface area contributed by atoms with Gasteiger partial charge < -0.3 is 9.84 Å². The summed E-state index contributed by atoms with van der Waals surface area (Å²) in [5, 5.41) is 17.4. The number of likely N-dealkylation sites (tertiary alicyclic amines) is 1. The van der Waals surface area contributed by atoms with Crippen LogP contribution in [0.4, 0.5) is 0 Å². The van der Waals surface area contributed by atoms with Gasteiger partial charge in [0.2, 0.25) is 0 Å². The third-order valence-electron chi connectivity index (χ3n) is 4.64. The summed E-state index contributed by atoms with van der Waals surface area (Å²) in [7, 11) is 0. The van der Waals surface area contributed by atoms with Crippen molar-refractivity contribution in [3.8, 4) is 5.69 Å².